The first-order valence-corrected chi connectivity index (χ1v) is 9.71. The van der Waals surface area contributed by atoms with Gasteiger partial charge in [-0.2, -0.15) is 0 Å². The Bertz CT molecular complexity index is 835. The van der Waals surface area contributed by atoms with Crippen molar-refractivity contribution < 1.29 is 9.47 Å². The lowest BCUT2D eigenvalue weighted by atomic mass is 9.88. The maximum absolute atomic E-state index is 6.51. The quantitative estimate of drug-likeness (QED) is 0.458. The Balaban J connectivity index is 1.83. The third kappa shape index (κ3) is 4.46. The van der Waals surface area contributed by atoms with Crippen LogP contribution in [-0.2, 0) is 21.7 Å². The molecule has 1 heterocycles. The predicted molar refractivity (Wildman–Crippen MR) is 111 cm³/mol. The van der Waals surface area contributed by atoms with Gasteiger partial charge < -0.3 is 14.4 Å². The Morgan fingerprint density at radius 1 is 1.22 bits per heavy atom. The van der Waals surface area contributed by atoms with E-state index in [-0.39, 0.29) is 0 Å². The van der Waals surface area contributed by atoms with Crippen LogP contribution in [0, 0.1) is 6.92 Å². The standard InChI is InChI=1S/C21H24Cl2N2O2/c1-4-25(3)14-24-20-9-15(2)17(10-19(20)23)21(12-26-13-21)27-11-16-7-5-6-8-18(16)22/h5-10,14H,4,11-13H2,1-3H3. The van der Waals surface area contributed by atoms with Gasteiger partial charge in [-0.3, -0.25) is 0 Å². The number of nitrogens with zero attached hydrogens (tertiary/aromatic N) is 2. The van der Waals surface area contributed by atoms with Crippen LogP contribution in [0.1, 0.15) is 23.6 Å². The van der Waals surface area contributed by atoms with E-state index in [9.17, 15) is 0 Å². The van der Waals surface area contributed by atoms with Crippen molar-refractivity contribution in [2.75, 3.05) is 26.8 Å². The van der Waals surface area contributed by atoms with Crippen molar-refractivity contribution in [1.29, 1.82) is 0 Å². The van der Waals surface area contributed by atoms with Crippen molar-refractivity contribution in [1.82, 2.24) is 4.90 Å². The van der Waals surface area contributed by atoms with E-state index in [1.807, 2.05) is 55.3 Å². The molecule has 0 N–H and O–H groups in total. The number of aliphatic imine (C=N–C) groups is 1. The van der Waals surface area contributed by atoms with E-state index in [0.29, 0.717) is 29.9 Å². The van der Waals surface area contributed by atoms with E-state index in [1.54, 1.807) is 6.34 Å². The maximum atomic E-state index is 6.51. The van der Waals surface area contributed by atoms with Crippen LogP contribution in [0.5, 0.6) is 0 Å². The topological polar surface area (TPSA) is 34.1 Å². The average molecular weight is 407 g/mol. The van der Waals surface area contributed by atoms with Gasteiger partial charge in [0.05, 0.1) is 36.9 Å². The lowest BCUT2D eigenvalue weighted by molar-refractivity contribution is -0.223. The summed E-state index contributed by atoms with van der Waals surface area (Å²) in [6.45, 7) is 6.41. The number of benzene rings is 2. The fraction of sp³-hybridized carbons (Fsp3) is 0.381. The largest absolute Gasteiger partial charge is 0.375 e. The molecule has 0 unspecified atom stereocenters. The summed E-state index contributed by atoms with van der Waals surface area (Å²) in [5.41, 5.74) is 3.31. The Kier molecular flexibility index (Phi) is 6.43. The molecule has 3 rings (SSSR count). The van der Waals surface area contributed by atoms with Crippen LogP contribution in [0.4, 0.5) is 5.69 Å². The van der Waals surface area contributed by atoms with E-state index >= 15 is 0 Å². The van der Waals surface area contributed by atoms with Gasteiger partial charge in [0.15, 0.2) is 0 Å². The molecule has 0 saturated carbocycles. The summed E-state index contributed by atoms with van der Waals surface area (Å²) >= 11 is 12.8. The number of halogens is 2. The molecular weight excluding hydrogens is 383 g/mol. The van der Waals surface area contributed by atoms with Crippen molar-refractivity contribution in [2.24, 2.45) is 4.99 Å². The highest BCUT2D eigenvalue weighted by molar-refractivity contribution is 6.33. The molecule has 1 aliphatic heterocycles. The highest BCUT2D eigenvalue weighted by Crippen LogP contribution is 2.40. The van der Waals surface area contributed by atoms with Gasteiger partial charge in [-0.1, -0.05) is 41.4 Å². The number of ether oxygens (including phenoxy) is 2. The molecule has 0 atom stereocenters. The monoisotopic (exact) mass is 406 g/mol. The molecule has 0 aromatic heterocycles. The SMILES string of the molecule is CCN(C)C=Nc1cc(C)c(C2(OCc3ccccc3Cl)COC2)cc1Cl. The Labute approximate surface area is 170 Å². The van der Waals surface area contributed by atoms with Crippen molar-refractivity contribution in [3.05, 3.63) is 63.1 Å². The Hall–Kier alpha value is -1.59. The summed E-state index contributed by atoms with van der Waals surface area (Å²) in [6.07, 6.45) is 1.79. The number of hydrogen-bond acceptors (Lipinski definition) is 3. The second-order valence-electron chi connectivity index (χ2n) is 6.80. The molecule has 1 aliphatic rings. The van der Waals surface area contributed by atoms with Crippen molar-refractivity contribution >= 4 is 35.2 Å². The molecule has 0 radical (unpaired) electrons. The summed E-state index contributed by atoms with van der Waals surface area (Å²) in [5, 5.41) is 1.30. The normalized spacial score (nSPS) is 15.7. The molecule has 6 heteroatoms. The summed E-state index contributed by atoms with van der Waals surface area (Å²) in [5.74, 6) is 0. The van der Waals surface area contributed by atoms with Crippen LogP contribution in [0.15, 0.2) is 41.4 Å². The van der Waals surface area contributed by atoms with Crippen LogP contribution >= 0.6 is 23.2 Å². The molecule has 0 aliphatic carbocycles. The van der Waals surface area contributed by atoms with E-state index in [2.05, 4.69) is 11.9 Å². The first-order valence-electron chi connectivity index (χ1n) is 8.95. The molecule has 2 aromatic carbocycles. The lowest BCUT2D eigenvalue weighted by Crippen LogP contribution is -2.49. The fourth-order valence-electron chi connectivity index (χ4n) is 2.93. The summed E-state index contributed by atoms with van der Waals surface area (Å²) in [7, 11) is 1.97. The highest BCUT2D eigenvalue weighted by atomic mass is 35.5. The highest BCUT2D eigenvalue weighted by Gasteiger charge is 2.43. The van der Waals surface area contributed by atoms with Crippen molar-refractivity contribution in [3.8, 4) is 0 Å². The molecule has 0 bridgehead atoms. The van der Waals surface area contributed by atoms with Crippen LogP contribution in [-0.4, -0.2) is 38.0 Å². The predicted octanol–water partition coefficient (Wildman–Crippen LogP) is 5.36. The van der Waals surface area contributed by atoms with Crippen LogP contribution in [0.2, 0.25) is 10.0 Å². The fourth-order valence-corrected chi connectivity index (χ4v) is 3.34. The summed E-state index contributed by atoms with van der Waals surface area (Å²) < 4.78 is 11.8. The van der Waals surface area contributed by atoms with Crippen molar-refractivity contribution in [3.63, 3.8) is 0 Å². The third-order valence-electron chi connectivity index (χ3n) is 4.81. The number of aryl methyl sites for hydroxylation is 1. The Morgan fingerprint density at radius 3 is 2.59 bits per heavy atom. The smallest absolute Gasteiger partial charge is 0.140 e. The second kappa shape index (κ2) is 8.61. The Morgan fingerprint density at radius 2 is 1.96 bits per heavy atom. The molecule has 0 spiro atoms. The van der Waals surface area contributed by atoms with Gasteiger partial charge in [0, 0.05) is 18.6 Å². The van der Waals surface area contributed by atoms with Crippen LogP contribution < -0.4 is 0 Å². The molecule has 0 amide bonds. The average Bonchev–Trinajstić information content (AvgIpc) is 2.63. The van der Waals surface area contributed by atoms with Crippen molar-refractivity contribution in [2.45, 2.75) is 26.1 Å². The van der Waals surface area contributed by atoms with Gasteiger partial charge in [-0.25, -0.2) is 4.99 Å². The van der Waals surface area contributed by atoms with Crippen LogP contribution in [0.25, 0.3) is 0 Å². The van der Waals surface area contributed by atoms with E-state index in [1.165, 1.54) is 0 Å². The number of hydrogen-bond donors (Lipinski definition) is 0. The molecule has 1 saturated heterocycles. The number of rotatable bonds is 7. The first-order chi connectivity index (χ1) is 12.9. The lowest BCUT2D eigenvalue weighted by Gasteiger charge is -2.42. The van der Waals surface area contributed by atoms with Gasteiger partial charge >= 0.3 is 0 Å². The van der Waals surface area contributed by atoms with Gasteiger partial charge in [-0.05, 0) is 48.7 Å². The second-order valence-corrected chi connectivity index (χ2v) is 7.62. The van der Waals surface area contributed by atoms with Crippen LogP contribution in [0.3, 0.4) is 0 Å². The van der Waals surface area contributed by atoms with E-state index in [4.69, 9.17) is 32.7 Å². The first kappa shape index (κ1) is 20.2. The van der Waals surface area contributed by atoms with E-state index < -0.39 is 5.60 Å². The third-order valence-corrected chi connectivity index (χ3v) is 5.48. The summed E-state index contributed by atoms with van der Waals surface area (Å²) in [6, 6.07) is 11.6. The zero-order valence-electron chi connectivity index (χ0n) is 15.8. The molecular formula is C21H24Cl2N2O2. The molecule has 2 aromatic rings. The summed E-state index contributed by atoms with van der Waals surface area (Å²) in [4.78, 5) is 6.48. The van der Waals surface area contributed by atoms with Gasteiger partial charge in [0.1, 0.15) is 5.60 Å². The zero-order chi connectivity index (χ0) is 19.4. The minimum Gasteiger partial charge on any atom is -0.375 e. The van der Waals surface area contributed by atoms with Gasteiger partial charge in [0.25, 0.3) is 0 Å². The molecule has 4 nitrogen and oxygen atoms in total. The molecule has 27 heavy (non-hydrogen) atoms. The minimum atomic E-state index is -0.505. The molecule has 144 valence electrons. The van der Waals surface area contributed by atoms with Gasteiger partial charge in [0.2, 0.25) is 0 Å². The maximum Gasteiger partial charge on any atom is 0.140 e. The minimum absolute atomic E-state index is 0.418. The zero-order valence-corrected chi connectivity index (χ0v) is 17.3. The van der Waals surface area contributed by atoms with E-state index in [0.717, 1.165) is 28.9 Å². The van der Waals surface area contributed by atoms with Gasteiger partial charge in [-0.15, -0.1) is 0 Å². The molecule has 1 fully saturated rings.